The summed E-state index contributed by atoms with van der Waals surface area (Å²) in [5.74, 6) is 0.0493. The topological polar surface area (TPSA) is 52.6 Å². The van der Waals surface area contributed by atoms with Crippen molar-refractivity contribution < 1.29 is 9.90 Å². The number of carbonyl (C=O) groups is 1. The van der Waals surface area contributed by atoms with Gasteiger partial charge in [0.1, 0.15) is 0 Å². The lowest BCUT2D eigenvalue weighted by Crippen LogP contribution is -2.44. The summed E-state index contributed by atoms with van der Waals surface area (Å²) in [4.78, 5) is 14.3. The number of nitrogens with one attached hydrogen (secondary N) is 1. The molecule has 1 amide bonds. The highest BCUT2D eigenvalue weighted by molar-refractivity contribution is 9.10. The van der Waals surface area contributed by atoms with Crippen LogP contribution >= 0.6 is 15.9 Å². The van der Waals surface area contributed by atoms with Crippen LogP contribution in [0.4, 0.5) is 5.69 Å². The second kappa shape index (κ2) is 6.50. The summed E-state index contributed by atoms with van der Waals surface area (Å²) in [7, 11) is 0. The Labute approximate surface area is 121 Å². The van der Waals surface area contributed by atoms with Crippen LogP contribution in [0.15, 0.2) is 22.7 Å². The van der Waals surface area contributed by atoms with E-state index in [4.69, 9.17) is 5.11 Å². The molecule has 0 aromatic heterocycles. The molecule has 2 N–H and O–H groups in total. The van der Waals surface area contributed by atoms with Crippen LogP contribution in [0.3, 0.4) is 0 Å². The van der Waals surface area contributed by atoms with Crippen LogP contribution in [0.25, 0.3) is 0 Å². The third kappa shape index (κ3) is 3.35. The largest absolute Gasteiger partial charge is 0.396 e. The van der Waals surface area contributed by atoms with Gasteiger partial charge in [-0.15, -0.1) is 0 Å². The average Bonchev–Trinajstić information content (AvgIpc) is 2.57. The molecule has 5 heteroatoms. The number of carbonyl (C=O) groups excluding carboxylic acids is 1. The number of amides is 1. The molecule has 1 heterocycles. The van der Waals surface area contributed by atoms with Crippen molar-refractivity contribution in [3.05, 3.63) is 28.2 Å². The van der Waals surface area contributed by atoms with Gasteiger partial charge in [-0.05, 0) is 50.1 Å². The number of hydrogen-bond acceptors (Lipinski definition) is 3. The molecular formula is C14H19BrN2O2. The minimum atomic E-state index is -0.281. The molecule has 19 heavy (non-hydrogen) atoms. The smallest absolute Gasteiger partial charge is 0.244 e. The zero-order valence-electron chi connectivity index (χ0n) is 11.0. The molecule has 1 unspecified atom stereocenters. The molecule has 1 aromatic carbocycles. The van der Waals surface area contributed by atoms with E-state index >= 15 is 0 Å². The van der Waals surface area contributed by atoms with E-state index in [1.165, 1.54) is 0 Å². The van der Waals surface area contributed by atoms with Crippen molar-refractivity contribution in [2.45, 2.75) is 25.8 Å². The Morgan fingerprint density at radius 2 is 2.32 bits per heavy atom. The number of nitrogens with zero attached hydrogens (tertiary/aromatic N) is 1. The number of aryl methyl sites for hydroxylation is 1. The Balaban J connectivity index is 2.25. The lowest BCUT2D eigenvalue weighted by atomic mass is 10.1. The molecule has 1 saturated heterocycles. The summed E-state index contributed by atoms with van der Waals surface area (Å²) in [6, 6.07) is 5.66. The maximum Gasteiger partial charge on any atom is 0.244 e. The van der Waals surface area contributed by atoms with Gasteiger partial charge < -0.3 is 15.3 Å². The predicted octanol–water partition coefficient (Wildman–Crippen LogP) is 1.83. The lowest BCUT2D eigenvalue weighted by molar-refractivity contribution is -0.120. The van der Waals surface area contributed by atoms with Gasteiger partial charge in [-0.1, -0.05) is 15.9 Å². The van der Waals surface area contributed by atoms with Gasteiger partial charge in [-0.25, -0.2) is 0 Å². The maximum absolute atomic E-state index is 12.5. The minimum absolute atomic E-state index is 0.0244. The van der Waals surface area contributed by atoms with E-state index in [9.17, 15) is 4.79 Å². The Hall–Kier alpha value is -0.910. The highest BCUT2D eigenvalue weighted by atomic mass is 79.9. The highest BCUT2D eigenvalue weighted by Crippen LogP contribution is 2.24. The zero-order valence-corrected chi connectivity index (χ0v) is 12.6. The third-order valence-electron chi connectivity index (χ3n) is 3.38. The molecule has 1 atom stereocenters. The fourth-order valence-corrected chi connectivity index (χ4v) is 2.55. The van der Waals surface area contributed by atoms with Crippen LogP contribution in [-0.2, 0) is 4.79 Å². The Bertz CT molecular complexity index is 465. The number of rotatable bonds is 3. The summed E-state index contributed by atoms with van der Waals surface area (Å²) < 4.78 is 1.04. The van der Waals surface area contributed by atoms with Crippen molar-refractivity contribution in [1.82, 2.24) is 5.32 Å². The molecule has 0 bridgehead atoms. The van der Waals surface area contributed by atoms with E-state index in [0.29, 0.717) is 6.42 Å². The van der Waals surface area contributed by atoms with Gasteiger partial charge in [0.2, 0.25) is 5.91 Å². The second-order valence-corrected chi connectivity index (χ2v) is 5.65. The monoisotopic (exact) mass is 326 g/mol. The molecule has 1 fully saturated rings. The quantitative estimate of drug-likeness (QED) is 0.891. The van der Waals surface area contributed by atoms with E-state index in [-0.39, 0.29) is 18.6 Å². The van der Waals surface area contributed by atoms with Gasteiger partial charge in [0.05, 0.1) is 6.04 Å². The standard InChI is InChI=1S/C14H19BrN2O2/c1-10-9-11(3-4-12(10)15)17-7-2-6-16-13(5-8-18)14(17)19/h3-4,9,13,16,18H,2,5-8H2,1H3. The molecular weight excluding hydrogens is 308 g/mol. The number of benzene rings is 1. The summed E-state index contributed by atoms with van der Waals surface area (Å²) in [5.41, 5.74) is 2.04. The van der Waals surface area contributed by atoms with Crippen LogP contribution in [-0.4, -0.2) is 36.8 Å². The number of aliphatic hydroxyl groups excluding tert-OH is 1. The fraction of sp³-hybridized carbons (Fsp3) is 0.500. The van der Waals surface area contributed by atoms with Gasteiger partial charge in [0.25, 0.3) is 0 Å². The van der Waals surface area contributed by atoms with Crippen molar-refractivity contribution in [1.29, 1.82) is 0 Å². The van der Waals surface area contributed by atoms with Gasteiger partial charge in [-0.2, -0.15) is 0 Å². The average molecular weight is 327 g/mol. The van der Waals surface area contributed by atoms with Crippen molar-refractivity contribution in [2.24, 2.45) is 0 Å². The van der Waals surface area contributed by atoms with E-state index < -0.39 is 0 Å². The summed E-state index contributed by atoms with van der Waals surface area (Å²) in [5, 5.41) is 12.2. The van der Waals surface area contributed by atoms with Gasteiger partial charge >= 0.3 is 0 Å². The lowest BCUT2D eigenvalue weighted by Gasteiger charge is -2.24. The molecule has 1 aromatic rings. The van der Waals surface area contributed by atoms with E-state index in [2.05, 4.69) is 21.2 Å². The van der Waals surface area contributed by atoms with Crippen LogP contribution in [0, 0.1) is 6.92 Å². The van der Waals surface area contributed by atoms with Crippen LogP contribution < -0.4 is 10.2 Å². The normalized spacial score (nSPS) is 20.5. The number of hydrogen-bond donors (Lipinski definition) is 2. The third-order valence-corrected chi connectivity index (χ3v) is 4.27. The van der Waals surface area contributed by atoms with Crippen LogP contribution in [0.2, 0.25) is 0 Å². The van der Waals surface area contributed by atoms with Crippen molar-refractivity contribution in [3.8, 4) is 0 Å². The van der Waals surface area contributed by atoms with E-state index in [1.807, 2.05) is 30.0 Å². The Morgan fingerprint density at radius 1 is 1.53 bits per heavy atom. The second-order valence-electron chi connectivity index (χ2n) is 4.80. The molecule has 1 aliphatic rings. The Morgan fingerprint density at radius 3 is 3.00 bits per heavy atom. The summed E-state index contributed by atoms with van der Waals surface area (Å²) in [6.45, 7) is 3.56. The van der Waals surface area contributed by atoms with Gasteiger partial charge in [0, 0.05) is 23.3 Å². The number of halogens is 1. The van der Waals surface area contributed by atoms with Crippen molar-refractivity contribution in [2.75, 3.05) is 24.6 Å². The molecule has 0 spiro atoms. The van der Waals surface area contributed by atoms with Gasteiger partial charge in [-0.3, -0.25) is 4.79 Å². The van der Waals surface area contributed by atoms with E-state index in [0.717, 1.165) is 35.2 Å². The van der Waals surface area contributed by atoms with Crippen LogP contribution in [0.1, 0.15) is 18.4 Å². The van der Waals surface area contributed by atoms with E-state index in [1.54, 1.807) is 0 Å². The molecule has 2 rings (SSSR count). The first kappa shape index (κ1) is 14.5. The van der Waals surface area contributed by atoms with Crippen LogP contribution in [0.5, 0.6) is 0 Å². The molecule has 4 nitrogen and oxygen atoms in total. The molecule has 0 saturated carbocycles. The first-order valence-electron chi connectivity index (χ1n) is 6.55. The predicted molar refractivity (Wildman–Crippen MR) is 79.3 cm³/mol. The Kier molecular flexibility index (Phi) is 4.96. The summed E-state index contributed by atoms with van der Waals surface area (Å²) >= 11 is 3.47. The summed E-state index contributed by atoms with van der Waals surface area (Å²) in [6.07, 6.45) is 1.38. The van der Waals surface area contributed by atoms with Crippen molar-refractivity contribution >= 4 is 27.5 Å². The zero-order chi connectivity index (χ0) is 13.8. The number of anilines is 1. The molecule has 104 valence electrons. The highest BCUT2D eigenvalue weighted by Gasteiger charge is 2.27. The molecule has 1 aliphatic heterocycles. The van der Waals surface area contributed by atoms with Crippen molar-refractivity contribution in [3.63, 3.8) is 0 Å². The molecule has 0 aliphatic carbocycles. The molecule has 0 radical (unpaired) electrons. The SMILES string of the molecule is Cc1cc(N2CCCNC(CCO)C2=O)ccc1Br. The maximum atomic E-state index is 12.5. The minimum Gasteiger partial charge on any atom is -0.396 e. The number of aliphatic hydroxyl groups is 1. The first-order valence-corrected chi connectivity index (χ1v) is 7.34. The first-order chi connectivity index (χ1) is 9.13. The fourth-order valence-electron chi connectivity index (χ4n) is 2.31. The van der Waals surface area contributed by atoms with Gasteiger partial charge in [0.15, 0.2) is 0 Å².